The van der Waals surface area contributed by atoms with Crippen molar-refractivity contribution in [1.82, 2.24) is 14.3 Å². The standard InChI is InChI=1S/C17H19N3O3S/c1-23-15-5-3-2-4-13(15)11-19(6-8-21)12-14-10-16(22)20-7-9-24-17(20)18-14/h2-5,7,9-10,21H,6,8,11-12H2,1H3. The molecule has 6 nitrogen and oxygen atoms in total. The molecule has 0 unspecified atom stereocenters. The molecule has 0 aliphatic heterocycles. The van der Waals surface area contributed by atoms with Gasteiger partial charge in [0, 0.05) is 42.8 Å². The fourth-order valence-electron chi connectivity index (χ4n) is 2.63. The van der Waals surface area contributed by atoms with E-state index in [9.17, 15) is 9.90 Å². The van der Waals surface area contributed by atoms with E-state index >= 15 is 0 Å². The average molecular weight is 345 g/mol. The zero-order valence-electron chi connectivity index (χ0n) is 13.4. The number of aromatic nitrogens is 2. The lowest BCUT2D eigenvalue weighted by atomic mass is 10.2. The first kappa shape index (κ1) is 16.6. The Balaban J connectivity index is 1.83. The summed E-state index contributed by atoms with van der Waals surface area (Å²) in [5, 5.41) is 11.2. The predicted octanol–water partition coefficient (Wildman–Crippen LogP) is 1.76. The number of hydrogen-bond acceptors (Lipinski definition) is 6. The van der Waals surface area contributed by atoms with Gasteiger partial charge in [-0.3, -0.25) is 14.1 Å². The van der Waals surface area contributed by atoms with E-state index < -0.39 is 0 Å². The third kappa shape index (κ3) is 3.64. The van der Waals surface area contributed by atoms with Gasteiger partial charge in [-0.05, 0) is 6.07 Å². The molecule has 1 aromatic carbocycles. The molecule has 0 spiro atoms. The molecule has 24 heavy (non-hydrogen) atoms. The number of fused-ring (bicyclic) bond motifs is 1. The number of ether oxygens (including phenoxy) is 1. The van der Waals surface area contributed by atoms with Crippen LogP contribution in [0.5, 0.6) is 5.75 Å². The molecule has 0 saturated carbocycles. The fourth-order valence-corrected chi connectivity index (χ4v) is 3.37. The highest BCUT2D eigenvalue weighted by atomic mass is 32.1. The maximum Gasteiger partial charge on any atom is 0.258 e. The number of nitrogens with zero attached hydrogens (tertiary/aromatic N) is 3. The first-order valence-corrected chi connectivity index (χ1v) is 8.50. The first-order valence-electron chi connectivity index (χ1n) is 7.62. The number of methoxy groups -OCH3 is 1. The molecule has 1 N–H and O–H groups in total. The molecule has 7 heteroatoms. The van der Waals surface area contributed by atoms with E-state index in [4.69, 9.17) is 4.74 Å². The summed E-state index contributed by atoms with van der Waals surface area (Å²) in [6.45, 7) is 1.62. The molecular weight excluding hydrogens is 326 g/mol. The van der Waals surface area contributed by atoms with Crippen LogP contribution in [-0.2, 0) is 13.1 Å². The van der Waals surface area contributed by atoms with Gasteiger partial charge in [-0.15, -0.1) is 11.3 Å². The number of aliphatic hydroxyl groups excluding tert-OH is 1. The van der Waals surface area contributed by atoms with Gasteiger partial charge in [-0.25, -0.2) is 4.98 Å². The Hall–Kier alpha value is -2.22. The van der Waals surface area contributed by atoms with Crippen molar-refractivity contribution in [2.24, 2.45) is 0 Å². The van der Waals surface area contributed by atoms with Gasteiger partial charge >= 0.3 is 0 Å². The topological polar surface area (TPSA) is 67.1 Å². The quantitative estimate of drug-likeness (QED) is 0.707. The van der Waals surface area contributed by atoms with Gasteiger partial charge in [0.15, 0.2) is 4.96 Å². The molecule has 2 aromatic heterocycles. The molecule has 3 rings (SSSR count). The third-order valence-corrected chi connectivity index (χ3v) is 4.50. The van der Waals surface area contributed by atoms with Crippen LogP contribution in [0, 0.1) is 0 Å². The summed E-state index contributed by atoms with van der Waals surface area (Å²) in [5.74, 6) is 0.808. The maximum atomic E-state index is 12.1. The first-order chi connectivity index (χ1) is 11.7. The van der Waals surface area contributed by atoms with Gasteiger partial charge in [-0.1, -0.05) is 18.2 Å². The lowest BCUT2D eigenvalue weighted by Crippen LogP contribution is -2.27. The Morgan fingerprint density at radius 1 is 1.33 bits per heavy atom. The van der Waals surface area contributed by atoms with Crippen LogP contribution in [0.15, 0.2) is 46.7 Å². The van der Waals surface area contributed by atoms with Crippen LogP contribution in [0.4, 0.5) is 0 Å². The van der Waals surface area contributed by atoms with Crippen LogP contribution in [-0.4, -0.2) is 39.7 Å². The Labute approximate surface area is 143 Å². The molecule has 0 saturated heterocycles. The molecule has 0 aliphatic rings. The third-order valence-electron chi connectivity index (χ3n) is 3.74. The Morgan fingerprint density at radius 3 is 2.96 bits per heavy atom. The second-order valence-corrected chi connectivity index (χ2v) is 6.26. The minimum atomic E-state index is -0.0857. The molecular formula is C17H19N3O3S. The second-order valence-electron chi connectivity index (χ2n) is 5.39. The maximum absolute atomic E-state index is 12.1. The van der Waals surface area contributed by atoms with Crippen molar-refractivity contribution >= 4 is 16.3 Å². The smallest absolute Gasteiger partial charge is 0.258 e. The van der Waals surface area contributed by atoms with E-state index in [1.54, 1.807) is 19.4 Å². The van der Waals surface area contributed by atoms with E-state index in [0.717, 1.165) is 11.3 Å². The van der Waals surface area contributed by atoms with E-state index in [1.807, 2.05) is 34.5 Å². The summed E-state index contributed by atoms with van der Waals surface area (Å²) in [6, 6.07) is 9.33. The van der Waals surface area contributed by atoms with Gasteiger partial charge in [0.05, 0.1) is 19.4 Å². The summed E-state index contributed by atoms with van der Waals surface area (Å²) < 4.78 is 6.92. The van der Waals surface area contributed by atoms with Gasteiger partial charge in [0.1, 0.15) is 5.75 Å². The molecule has 0 bridgehead atoms. The van der Waals surface area contributed by atoms with Gasteiger partial charge < -0.3 is 9.84 Å². The van der Waals surface area contributed by atoms with Gasteiger partial charge in [-0.2, -0.15) is 0 Å². The predicted molar refractivity (Wildman–Crippen MR) is 93.5 cm³/mol. The van der Waals surface area contributed by atoms with Crippen LogP contribution < -0.4 is 10.3 Å². The summed E-state index contributed by atoms with van der Waals surface area (Å²) in [6.07, 6.45) is 1.72. The van der Waals surface area contributed by atoms with Crippen molar-refractivity contribution in [1.29, 1.82) is 0 Å². The molecule has 126 valence electrons. The molecule has 3 aromatic rings. The highest BCUT2D eigenvalue weighted by molar-refractivity contribution is 7.15. The minimum Gasteiger partial charge on any atom is -0.496 e. The minimum absolute atomic E-state index is 0.0371. The number of para-hydroxylation sites is 1. The lowest BCUT2D eigenvalue weighted by molar-refractivity contribution is 0.181. The van der Waals surface area contributed by atoms with Crippen LogP contribution >= 0.6 is 11.3 Å². The largest absolute Gasteiger partial charge is 0.496 e. The number of hydrogen-bond donors (Lipinski definition) is 1. The molecule has 0 fully saturated rings. The monoisotopic (exact) mass is 345 g/mol. The molecule has 2 heterocycles. The van der Waals surface area contributed by atoms with Gasteiger partial charge in [0.2, 0.25) is 0 Å². The number of rotatable bonds is 7. The molecule has 0 radical (unpaired) electrons. The van der Waals surface area contributed by atoms with Crippen LogP contribution in [0.25, 0.3) is 4.96 Å². The normalized spacial score (nSPS) is 11.3. The Bertz CT molecular complexity index is 875. The summed E-state index contributed by atoms with van der Waals surface area (Å²) >= 11 is 1.43. The van der Waals surface area contributed by atoms with E-state index in [-0.39, 0.29) is 12.2 Å². The van der Waals surface area contributed by atoms with E-state index in [1.165, 1.54) is 15.7 Å². The average Bonchev–Trinajstić information content (AvgIpc) is 3.04. The van der Waals surface area contributed by atoms with Crippen LogP contribution in [0.1, 0.15) is 11.3 Å². The van der Waals surface area contributed by atoms with Crippen molar-refractivity contribution in [3.63, 3.8) is 0 Å². The van der Waals surface area contributed by atoms with E-state index in [2.05, 4.69) is 4.98 Å². The van der Waals surface area contributed by atoms with Gasteiger partial charge in [0.25, 0.3) is 5.56 Å². The number of aliphatic hydroxyl groups is 1. The molecule has 0 atom stereocenters. The van der Waals surface area contributed by atoms with Crippen molar-refractivity contribution < 1.29 is 9.84 Å². The van der Waals surface area contributed by atoms with Crippen molar-refractivity contribution in [2.45, 2.75) is 13.1 Å². The number of benzene rings is 1. The Kier molecular flexibility index (Phi) is 5.24. The highest BCUT2D eigenvalue weighted by Crippen LogP contribution is 2.20. The summed E-state index contributed by atoms with van der Waals surface area (Å²) in [7, 11) is 1.64. The highest BCUT2D eigenvalue weighted by Gasteiger charge is 2.12. The van der Waals surface area contributed by atoms with Crippen molar-refractivity contribution in [3.8, 4) is 5.75 Å². The second kappa shape index (κ2) is 7.57. The summed E-state index contributed by atoms with van der Waals surface area (Å²) in [4.78, 5) is 19.4. The summed E-state index contributed by atoms with van der Waals surface area (Å²) in [5.41, 5.74) is 1.64. The Morgan fingerprint density at radius 2 is 2.17 bits per heavy atom. The van der Waals surface area contributed by atoms with E-state index in [0.29, 0.717) is 30.3 Å². The molecule has 0 aliphatic carbocycles. The molecule has 0 amide bonds. The van der Waals surface area contributed by atoms with Crippen molar-refractivity contribution in [3.05, 3.63) is 63.5 Å². The van der Waals surface area contributed by atoms with Crippen LogP contribution in [0.2, 0.25) is 0 Å². The number of thiazole rings is 1. The zero-order valence-corrected chi connectivity index (χ0v) is 14.2. The zero-order chi connectivity index (χ0) is 16.9. The van der Waals surface area contributed by atoms with Crippen molar-refractivity contribution in [2.75, 3.05) is 20.3 Å². The SMILES string of the molecule is COc1ccccc1CN(CCO)Cc1cc(=O)n2ccsc2n1. The fraction of sp³-hybridized carbons (Fsp3) is 0.294. The van der Waals surface area contributed by atoms with Crippen LogP contribution in [0.3, 0.4) is 0 Å². The lowest BCUT2D eigenvalue weighted by Gasteiger charge is -2.22.